The minimum absolute atomic E-state index is 0.0948. The highest BCUT2D eigenvalue weighted by Crippen LogP contribution is 2.29. The van der Waals surface area contributed by atoms with Crippen molar-refractivity contribution in [3.05, 3.63) is 59.7 Å². The Bertz CT molecular complexity index is 612. The molecule has 0 fully saturated rings. The zero-order valence-corrected chi connectivity index (χ0v) is 12.1. The van der Waals surface area contributed by atoms with E-state index in [1.54, 1.807) is 6.21 Å². The molecule has 0 aliphatic carbocycles. The molecule has 0 aliphatic heterocycles. The lowest BCUT2D eigenvalue weighted by Crippen LogP contribution is -2.10. The van der Waals surface area contributed by atoms with Gasteiger partial charge in [0, 0.05) is 5.56 Å². The van der Waals surface area contributed by atoms with E-state index in [1.165, 1.54) is 5.56 Å². The maximum atomic E-state index is 5.95. The van der Waals surface area contributed by atoms with Crippen LogP contribution in [0.15, 0.2) is 53.6 Å². The fraction of sp³-hybridized carbons (Fsp3) is 0.235. The second-order valence-corrected chi connectivity index (χ2v) is 5.70. The monoisotopic (exact) mass is 268 g/mol. The first-order valence-corrected chi connectivity index (χ1v) is 6.61. The van der Waals surface area contributed by atoms with Crippen LogP contribution in [-0.4, -0.2) is 6.21 Å². The summed E-state index contributed by atoms with van der Waals surface area (Å²) in [6.45, 7) is 6.55. The Morgan fingerprint density at radius 3 is 2.50 bits per heavy atom. The van der Waals surface area contributed by atoms with Crippen molar-refractivity contribution in [1.29, 1.82) is 0 Å². The summed E-state index contributed by atoms with van der Waals surface area (Å²) in [5.41, 5.74) is 2.19. The number of nitrogens with zero attached hydrogens (tertiary/aromatic N) is 1. The SMILES string of the molecule is CC(C)(C)c1cccc(Oc2ccccc2C=NN)c1. The maximum absolute atomic E-state index is 5.95. The molecule has 0 saturated heterocycles. The molecule has 0 aliphatic rings. The Morgan fingerprint density at radius 2 is 1.80 bits per heavy atom. The fourth-order valence-electron chi connectivity index (χ4n) is 1.91. The molecule has 104 valence electrons. The van der Waals surface area contributed by atoms with Crippen LogP contribution < -0.4 is 10.6 Å². The molecule has 2 aromatic carbocycles. The van der Waals surface area contributed by atoms with Crippen LogP contribution in [0.3, 0.4) is 0 Å². The first-order chi connectivity index (χ1) is 9.50. The molecule has 0 aromatic heterocycles. The molecule has 0 amide bonds. The molecule has 3 nitrogen and oxygen atoms in total. The van der Waals surface area contributed by atoms with Gasteiger partial charge in [-0.3, -0.25) is 0 Å². The Hall–Kier alpha value is -2.29. The molecule has 0 radical (unpaired) electrons. The fourth-order valence-corrected chi connectivity index (χ4v) is 1.91. The zero-order chi connectivity index (χ0) is 14.6. The number of benzene rings is 2. The third-order valence-corrected chi connectivity index (χ3v) is 3.06. The summed E-state index contributed by atoms with van der Waals surface area (Å²) in [4.78, 5) is 0. The van der Waals surface area contributed by atoms with Gasteiger partial charge in [-0.25, -0.2) is 0 Å². The summed E-state index contributed by atoms with van der Waals surface area (Å²) in [7, 11) is 0. The van der Waals surface area contributed by atoms with Crippen molar-refractivity contribution in [3.63, 3.8) is 0 Å². The number of para-hydroxylation sites is 1. The minimum Gasteiger partial charge on any atom is -0.457 e. The lowest BCUT2D eigenvalue weighted by atomic mass is 9.87. The summed E-state index contributed by atoms with van der Waals surface area (Å²) in [5, 5.41) is 3.56. The van der Waals surface area contributed by atoms with Crippen molar-refractivity contribution in [1.82, 2.24) is 0 Å². The minimum atomic E-state index is 0.0948. The molecule has 2 N–H and O–H groups in total. The van der Waals surface area contributed by atoms with Crippen LogP contribution >= 0.6 is 0 Å². The first kappa shape index (κ1) is 14.1. The van der Waals surface area contributed by atoms with Crippen LogP contribution in [-0.2, 0) is 5.41 Å². The number of ether oxygens (including phenoxy) is 1. The molecular formula is C17H20N2O. The van der Waals surface area contributed by atoms with Crippen LogP contribution in [0, 0.1) is 0 Å². The Morgan fingerprint density at radius 1 is 1.05 bits per heavy atom. The van der Waals surface area contributed by atoms with Crippen LogP contribution in [0.4, 0.5) is 0 Å². The topological polar surface area (TPSA) is 47.6 Å². The standard InChI is InChI=1S/C17H20N2O/c1-17(2,3)14-8-6-9-15(11-14)20-16-10-5-4-7-13(16)12-19-18/h4-12H,18H2,1-3H3. The molecule has 3 heteroatoms. The predicted molar refractivity (Wildman–Crippen MR) is 83.4 cm³/mol. The number of hydrogen-bond donors (Lipinski definition) is 1. The highest BCUT2D eigenvalue weighted by molar-refractivity contribution is 5.83. The average molecular weight is 268 g/mol. The van der Waals surface area contributed by atoms with Gasteiger partial charge in [-0.1, -0.05) is 45.0 Å². The third kappa shape index (κ3) is 3.38. The van der Waals surface area contributed by atoms with Crippen LogP contribution in [0.25, 0.3) is 0 Å². The number of hydrogen-bond acceptors (Lipinski definition) is 3. The van der Waals surface area contributed by atoms with Gasteiger partial charge in [0.2, 0.25) is 0 Å². The summed E-state index contributed by atoms with van der Waals surface area (Å²) in [5.74, 6) is 6.78. The molecule has 0 unspecified atom stereocenters. The smallest absolute Gasteiger partial charge is 0.136 e. The molecule has 0 bridgehead atoms. The van der Waals surface area contributed by atoms with E-state index in [1.807, 2.05) is 36.4 Å². The molecule has 2 rings (SSSR count). The van der Waals surface area contributed by atoms with E-state index < -0.39 is 0 Å². The van der Waals surface area contributed by atoms with Gasteiger partial charge < -0.3 is 10.6 Å². The van der Waals surface area contributed by atoms with Gasteiger partial charge in [-0.05, 0) is 35.2 Å². The summed E-state index contributed by atoms with van der Waals surface area (Å²) in [6.07, 6.45) is 1.59. The Labute approximate surface area is 120 Å². The Kier molecular flexibility index (Phi) is 4.08. The second-order valence-electron chi connectivity index (χ2n) is 5.70. The maximum Gasteiger partial charge on any atom is 0.136 e. The van der Waals surface area contributed by atoms with E-state index >= 15 is 0 Å². The normalized spacial score (nSPS) is 11.8. The van der Waals surface area contributed by atoms with E-state index in [9.17, 15) is 0 Å². The summed E-state index contributed by atoms with van der Waals surface area (Å²) < 4.78 is 5.95. The zero-order valence-electron chi connectivity index (χ0n) is 12.1. The lowest BCUT2D eigenvalue weighted by Gasteiger charge is -2.20. The van der Waals surface area contributed by atoms with Crippen molar-refractivity contribution < 1.29 is 4.74 Å². The van der Waals surface area contributed by atoms with Gasteiger partial charge in [0.1, 0.15) is 11.5 Å². The summed E-state index contributed by atoms with van der Waals surface area (Å²) in [6, 6.07) is 15.8. The highest BCUT2D eigenvalue weighted by atomic mass is 16.5. The second kappa shape index (κ2) is 5.78. The Balaban J connectivity index is 2.31. The summed E-state index contributed by atoms with van der Waals surface area (Å²) >= 11 is 0. The molecule has 0 spiro atoms. The molecule has 0 atom stereocenters. The van der Waals surface area contributed by atoms with Crippen molar-refractivity contribution in [2.75, 3.05) is 0 Å². The van der Waals surface area contributed by atoms with Gasteiger partial charge >= 0.3 is 0 Å². The van der Waals surface area contributed by atoms with Gasteiger partial charge in [0.15, 0.2) is 0 Å². The van der Waals surface area contributed by atoms with Gasteiger partial charge in [-0.15, -0.1) is 0 Å². The van der Waals surface area contributed by atoms with Crippen LogP contribution in [0.1, 0.15) is 31.9 Å². The van der Waals surface area contributed by atoms with Crippen molar-refractivity contribution in [3.8, 4) is 11.5 Å². The highest BCUT2D eigenvalue weighted by Gasteiger charge is 2.14. The van der Waals surface area contributed by atoms with Gasteiger partial charge in [-0.2, -0.15) is 5.10 Å². The van der Waals surface area contributed by atoms with Crippen LogP contribution in [0.5, 0.6) is 11.5 Å². The van der Waals surface area contributed by atoms with Crippen molar-refractivity contribution in [2.45, 2.75) is 26.2 Å². The van der Waals surface area contributed by atoms with E-state index in [0.717, 1.165) is 17.1 Å². The number of rotatable bonds is 3. The van der Waals surface area contributed by atoms with Crippen molar-refractivity contribution >= 4 is 6.21 Å². The van der Waals surface area contributed by atoms with E-state index in [2.05, 4.69) is 38.0 Å². The van der Waals surface area contributed by atoms with Gasteiger partial charge in [0.25, 0.3) is 0 Å². The quantitative estimate of drug-likeness (QED) is 0.518. The van der Waals surface area contributed by atoms with E-state index in [-0.39, 0.29) is 5.41 Å². The average Bonchev–Trinajstić information content (AvgIpc) is 2.41. The number of hydrazone groups is 1. The predicted octanol–water partition coefficient (Wildman–Crippen LogP) is 4.07. The van der Waals surface area contributed by atoms with Gasteiger partial charge in [0.05, 0.1) is 6.21 Å². The first-order valence-electron chi connectivity index (χ1n) is 6.61. The molecule has 20 heavy (non-hydrogen) atoms. The molecular weight excluding hydrogens is 248 g/mol. The molecule has 0 heterocycles. The van der Waals surface area contributed by atoms with E-state index in [0.29, 0.717) is 0 Å². The molecule has 0 saturated carbocycles. The molecule has 2 aromatic rings. The number of nitrogens with two attached hydrogens (primary N) is 1. The van der Waals surface area contributed by atoms with E-state index in [4.69, 9.17) is 10.6 Å². The largest absolute Gasteiger partial charge is 0.457 e. The van der Waals surface area contributed by atoms with Crippen molar-refractivity contribution in [2.24, 2.45) is 10.9 Å². The third-order valence-electron chi connectivity index (χ3n) is 3.06. The lowest BCUT2D eigenvalue weighted by molar-refractivity contribution is 0.478. The van der Waals surface area contributed by atoms with Crippen LogP contribution in [0.2, 0.25) is 0 Å².